The van der Waals surface area contributed by atoms with E-state index in [0.29, 0.717) is 17.5 Å². The molecule has 0 saturated heterocycles. The maximum Gasteiger partial charge on any atom is 0.416 e. The largest absolute Gasteiger partial charge is 0.477 e. The summed E-state index contributed by atoms with van der Waals surface area (Å²) in [5.74, 6) is -1.49. The molecule has 0 saturated carbocycles. The molecule has 11 heteroatoms. The van der Waals surface area contributed by atoms with E-state index in [1.54, 1.807) is 0 Å². The SMILES string of the molecule is N#C/C(=C\c1cn(Cc2cc(C(F)(F)F)cc(C(F)(F)F)c2)c2ncccc12)C(=O)O. The average molecular weight is 439 g/mol. The highest BCUT2D eigenvalue weighted by atomic mass is 19.4. The lowest BCUT2D eigenvalue weighted by Crippen LogP contribution is -2.12. The number of benzene rings is 1. The predicted molar refractivity (Wildman–Crippen MR) is 96.5 cm³/mol. The number of aliphatic carboxylic acids is 1. The first kappa shape index (κ1) is 21.9. The van der Waals surface area contributed by atoms with Gasteiger partial charge < -0.3 is 9.67 Å². The van der Waals surface area contributed by atoms with Crippen LogP contribution in [0.4, 0.5) is 26.3 Å². The minimum absolute atomic E-state index is 0.0374. The monoisotopic (exact) mass is 439 g/mol. The number of nitriles is 1. The zero-order valence-corrected chi connectivity index (χ0v) is 15.3. The van der Waals surface area contributed by atoms with Crippen LogP contribution in [0, 0.1) is 11.3 Å². The second-order valence-corrected chi connectivity index (χ2v) is 6.48. The molecule has 31 heavy (non-hydrogen) atoms. The van der Waals surface area contributed by atoms with Crippen LogP contribution in [0.25, 0.3) is 17.1 Å². The Hall–Kier alpha value is -3.81. The lowest BCUT2D eigenvalue weighted by Gasteiger charge is -2.14. The molecule has 5 nitrogen and oxygen atoms in total. The average Bonchev–Trinajstić information content (AvgIpc) is 3.01. The molecule has 0 aliphatic rings. The number of halogens is 6. The number of fused-ring (bicyclic) bond motifs is 1. The number of hydrogen-bond acceptors (Lipinski definition) is 3. The Bertz CT molecular complexity index is 1200. The molecule has 0 amide bonds. The van der Waals surface area contributed by atoms with E-state index in [1.165, 1.54) is 35.2 Å². The Labute approximate surface area is 170 Å². The van der Waals surface area contributed by atoms with Gasteiger partial charge in [0.15, 0.2) is 0 Å². The predicted octanol–water partition coefficient (Wildman–Crippen LogP) is 5.11. The third kappa shape index (κ3) is 4.69. The third-order valence-corrected chi connectivity index (χ3v) is 4.32. The fraction of sp³-hybridized carbons (Fsp3) is 0.150. The van der Waals surface area contributed by atoms with E-state index in [-0.39, 0.29) is 22.8 Å². The molecule has 0 aliphatic carbocycles. The van der Waals surface area contributed by atoms with Crippen LogP contribution in [0.1, 0.15) is 22.3 Å². The highest BCUT2D eigenvalue weighted by Gasteiger charge is 2.36. The number of nitrogens with zero attached hydrogens (tertiary/aromatic N) is 3. The van der Waals surface area contributed by atoms with Crippen molar-refractivity contribution >= 4 is 23.1 Å². The Morgan fingerprint density at radius 3 is 2.26 bits per heavy atom. The van der Waals surface area contributed by atoms with Crippen molar-refractivity contribution in [3.05, 3.63) is 70.6 Å². The quantitative estimate of drug-likeness (QED) is 0.348. The van der Waals surface area contributed by atoms with Crippen LogP contribution in [0.3, 0.4) is 0 Å². The maximum absolute atomic E-state index is 13.1. The van der Waals surface area contributed by atoms with Gasteiger partial charge in [0.25, 0.3) is 0 Å². The van der Waals surface area contributed by atoms with Crippen molar-refractivity contribution < 1.29 is 36.2 Å². The molecule has 0 spiro atoms. The Morgan fingerprint density at radius 1 is 1.13 bits per heavy atom. The van der Waals surface area contributed by atoms with Crippen molar-refractivity contribution in [2.24, 2.45) is 0 Å². The Balaban J connectivity index is 2.15. The van der Waals surface area contributed by atoms with Gasteiger partial charge in [-0.15, -0.1) is 0 Å². The fourth-order valence-corrected chi connectivity index (χ4v) is 2.99. The first-order valence-electron chi connectivity index (χ1n) is 8.47. The highest BCUT2D eigenvalue weighted by Crippen LogP contribution is 2.36. The summed E-state index contributed by atoms with van der Waals surface area (Å²) in [5, 5.41) is 18.4. The number of pyridine rings is 1. The minimum Gasteiger partial charge on any atom is -0.477 e. The van der Waals surface area contributed by atoms with Crippen molar-refractivity contribution in [3.63, 3.8) is 0 Å². The summed E-state index contributed by atoms with van der Waals surface area (Å²) in [6.07, 6.45) is -6.24. The van der Waals surface area contributed by atoms with Crippen LogP contribution < -0.4 is 0 Å². The second kappa shape index (κ2) is 7.79. The van der Waals surface area contributed by atoms with Crippen LogP contribution in [-0.4, -0.2) is 20.6 Å². The molecule has 1 N–H and O–H groups in total. The van der Waals surface area contributed by atoms with Crippen LogP contribution in [0.15, 0.2) is 48.3 Å². The molecule has 0 aliphatic heterocycles. The van der Waals surface area contributed by atoms with Crippen molar-refractivity contribution in [2.45, 2.75) is 18.9 Å². The van der Waals surface area contributed by atoms with Crippen molar-refractivity contribution in [3.8, 4) is 6.07 Å². The number of carboxylic acid groups (broad SMARTS) is 1. The molecule has 0 atom stereocenters. The molecule has 3 rings (SSSR count). The zero-order chi connectivity index (χ0) is 23.0. The number of rotatable bonds is 4. The minimum atomic E-state index is -4.98. The molecule has 3 aromatic rings. The molecular formula is C20H11F6N3O2. The standard InChI is InChI=1S/C20H11F6N3O2/c21-19(22,23)14-4-11(5-15(7-14)20(24,25)26)9-29-10-13(6-12(8-27)18(30)31)16-2-1-3-28-17(16)29/h1-7,10H,9H2,(H,30,31)/b12-6+. The molecule has 0 fully saturated rings. The molecule has 160 valence electrons. The van der Waals surface area contributed by atoms with Crippen LogP contribution in [-0.2, 0) is 23.7 Å². The molecule has 1 aromatic carbocycles. The topological polar surface area (TPSA) is 78.9 Å². The summed E-state index contributed by atoms with van der Waals surface area (Å²) >= 11 is 0. The number of aromatic nitrogens is 2. The van der Waals surface area contributed by atoms with Gasteiger partial charge >= 0.3 is 18.3 Å². The Kier molecular flexibility index (Phi) is 5.50. The van der Waals surface area contributed by atoms with E-state index in [9.17, 15) is 31.1 Å². The number of carbonyl (C=O) groups is 1. The Morgan fingerprint density at radius 2 is 1.74 bits per heavy atom. The van der Waals surface area contributed by atoms with Crippen molar-refractivity contribution in [1.82, 2.24) is 9.55 Å². The summed E-state index contributed by atoms with van der Waals surface area (Å²) < 4.78 is 79.9. The van der Waals surface area contributed by atoms with Gasteiger partial charge in [0.05, 0.1) is 11.1 Å². The zero-order valence-electron chi connectivity index (χ0n) is 15.3. The molecular weight excluding hydrogens is 428 g/mol. The lowest BCUT2D eigenvalue weighted by atomic mass is 10.0. The fourth-order valence-electron chi connectivity index (χ4n) is 2.99. The number of alkyl halides is 6. The van der Waals surface area contributed by atoms with Gasteiger partial charge in [-0.1, -0.05) is 0 Å². The van der Waals surface area contributed by atoms with Gasteiger partial charge in [0, 0.05) is 29.9 Å². The van der Waals surface area contributed by atoms with E-state index in [0.717, 1.165) is 6.08 Å². The molecule has 0 radical (unpaired) electrons. The van der Waals surface area contributed by atoms with Gasteiger partial charge in [0.1, 0.15) is 17.3 Å². The molecule has 2 aromatic heterocycles. The second-order valence-electron chi connectivity index (χ2n) is 6.48. The third-order valence-electron chi connectivity index (χ3n) is 4.32. The van der Waals surface area contributed by atoms with Gasteiger partial charge in [-0.05, 0) is 42.0 Å². The van der Waals surface area contributed by atoms with Crippen LogP contribution >= 0.6 is 0 Å². The van der Waals surface area contributed by atoms with Crippen molar-refractivity contribution in [2.75, 3.05) is 0 Å². The van der Waals surface area contributed by atoms with Crippen molar-refractivity contribution in [1.29, 1.82) is 5.26 Å². The van der Waals surface area contributed by atoms with Gasteiger partial charge in [-0.25, -0.2) is 9.78 Å². The molecule has 0 unspecified atom stereocenters. The normalized spacial score (nSPS) is 12.7. The lowest BCUT2D eigenvalue weighted by molar-refractivity contribution is -0.143. The van der Waals surface area contributed by atoms with E-state index >= 15 is 0 Å². The summed E-state index contributed by atoms with van der Waals surface area (Å²) in [5.41, 5.74) is -3.34. The van der Waals surface area contributed by atoms with E-state index in [1.807, 2.05) is 0 Å². The van der Waals surface area contributed by atoms with E-state index in [2.05, 4.69) is 4.98 Å². The first-order valence-corrected chi connectivity index (χ1v) is 8.47. The van der Waals surface area contributed by atoms with Gasteiger partial charge in [-0.2, -0.15) is 31.6 Å². The van der Waals surface area contributed by atoms with Gasteiger partial charge in [-0.3, -0.25) is 0 Å². The number of hydrogen-bond donors (Lipinski definition) is 1. The summed E-state index contributed by atoms with van der Waals surface area (Å²) in [6.45, 7) is -0.399. The van der Waals surface area contributed by atoms with Crippen LogP contribution in [0.2, 0.25) is 0 Å². The molecule has 2 heterocycles. The van der Waals surface area contributed by atoms with Crippen LogP contribution in [0.5, 0.6) is 0 Å². The summed E-state index contributed by atoms with van der Waals surface area (Å²) in [4.78, 5) is 15.2. The summed E-state index contributed by atoms with van der Waals surface area (Å²) in [6, 6.07) is 5.81. The molecule has 0 bridgehead atoms. The summed E-state index contributed by atoms with van der Waals surface area (Å²) in [7, 11) is 0. The first-order chi connectivity index (χ1) is 14.4. The van der Waals surface area contributed by atoms with E-state index in [4.69, 9.17) is 10.4 Å². The van der Waals surface area contributed by atoms with E-state index < -0.39 is 41.6 Å². The smallest absolute Gasteiger partial charge is 0.416 e. The maximum atomic E-state index is 13.1. The highest BCUT2D eigenvalue weighted by molar-refractivity contribution is 5.99. The van der Waals surface area contributed by atoms with Gasteiger partial charge in [0.2, 0.25) is 0 Å². The number of carboxylic acids is 1.